The van der Waals surface area contributed by atoms with Gasteiger partial charge in [0.2, 0.25) is 5.13 Å². The molecule has 2 heterocycles. The molecule has 1 aromatic carbocycles. The highest BCUT2D eigenvalue weighted by Gasteiger charge is 2.08. The highest BCUT2D eigenvalue weighted by Crippen LogP contribution is 2.29. The summed E-state index contributed by atoms with van der Waals surface area (Å²) >= 11 is 3.20. The topological polar surface area (TPSA) is 55.7 Å². The summed E-state index contributed by atoms with van der Waals surface area (Å²) in [7, 11) is 3.24. The predicted octanol–water partition coefficient (Wildman–Crippen LogP) is 4.72. The van der Waals surface area contributed by atoms with Crippen LogP contribution in [-0.2, 0) is 0 Å². The Kier molecular flexibility index (Phi) is 5.12. The third kappa shape index (κ3) is 3.58. The van der Waals surface area contributed by atoms with Crippen molar-refractivity contribution in [1.82, 2.24) is 4.98 Å². The van der Waals surface area contributed by atoms with E-state index in [2.05, 4.69) is 21.6 Å². The molecule has 0 bridgehead atoms. The number of benzene rings is 1. The summed E-state index contributed by atoms with van der Waals surface area (Å²) in [5, 5.41) is 9.24. The maximum Gasteiger partial charge on any atom is 0.203 e. The number of hydrazone groups is 1. The molecule has 0 fully saturated rings. The Morgan fingerprint density at radius 1 is 1.12 bits per heavy atom. The number of nitrogens with zero attached hydrogens (tertiary/aromatic N) is 2. The van der Waals surface area contributed by atoms with Gasteiger partial charge in [0.05, 0.1) is 30.5 Å². The summed E-state index contributed by atoms with van der Waals surface area (Å²) < 4.78 is 10.6. The number of methoxy groups -OCH3 is 2. The number of hydrogen-bond acceptors (Lipinski definition) is 7. The lowest BCUT2D eigenvalue weighted by molar-refractivity contribution is 0.355. The van der Waals surface area contributed by atoms with Gasteiger partial charge in [-0.05, 0) is 36.6 Å². The van der Waals surface area contributed by atoms with Crippen LogP contribution in [-0.4, -0.2) is 24.9 Å². The molecule has 0 aliphatic heterocycles. The molecule has 24 heavy (non-hydrogen) atoms. The molecule has 124 valence electrons. The average Bonchev–Trinajstić information content (AvgIpc) is 3.30. The molecule has 0 saturated carbocycles. The van der Waals surface area contributed by atoms with Crippen LogP contribution in [0.2, 0.25) is 0 Å². The number of thiazole rings is 1. The molecule has 0 radical (unpaired) electrons. The van der Waals surface area contributed by atoms with E-state index in [0.717, 1.165) is 27.0 Å². The fourth-order valence-electron chi connectivity index (χ4n) is 2.12. The fourth-order valence-corrected chi connectivity index (χ4v) is 3.53. The predicted molar refractivity (Wildman–Crippen MR) is 101 cm³/mol. The highest BCUT2D eigenvalue weighted by atomic mass is 32.1. The molecule has 7 heteroatoms. The number of ether oxygens (including phenoxy) is 2. The van der Waals surface area contributed by atoms with Crippen molar-refractivity contribution in [2.45, 2.75) is 6.92 Å². The Morgan fingerprint density at radius 3 is 2.67 bits per heavy atom. The molecule has 3 rings (SSSR count). The molecule has 1 N–H and O–H groups in total. The minimum Gasteiger partial charge on any atom is -0.493 e. The van der Waals surface area contributed by atoms with Gasteiger partial charge in [0.1, 0.15) is 0 Å². The lowest BCUT2D eigenvalue weighted by Gasteiger charge is -2.09. The van der Waals surface area contributed by atoms with Crippen molar-refractivity contribution < 1.29 is 9.47 Å². The van der Waals surface area contributed by atoms with Crippen molar-refractivity contribution in [1.29, 1.82) is 0 Å². The number of aromatic nitrogens is 1. The van der Waals surface area contributed by atoms with E-state index in [1.165, 1.54) is 11.3 Å². The number of hydrogen-bond donors (Lipinski definition) is 1. The molecule has 0 saturated heterocycles. The Hall–Kier alpha value is -2.38. The maximum absolute atomic E-state index is 5.32. The summed E-state index contributed by atoms with van der Waals surface area (Å²) in [5.41, 5.74) is 5.78. The first-order chi connectivity index (χ1) is 11.7. The fraction of sp³-hybridized carbons (Fsp3) is 0.176. The van der Waals surface area contributed by atoms with Gasteiger partial charge >= 0.3 is 0 Å². The first-order valence-electron chi connectivity index (χ1n) is 7.23. The van der Waals surface area contributed by atoms with Gasteiger partial charge in [-0.25, -0.2) is 4.98 Å². The van der Waals surface area contributed by atoms with Crippen LogP contribution < -0.4 is 14.9 Å². The minimum absolute atomic E-state index is 0.679. The van der Waals surface area contributed by atoms with Gasteiger partial charge in [0.25, 0.3) is 0 Å². The first-order valence-corrected chi connectivity index (χ1v) is 8.99. The Balaban J connectivity index is 1.75. The monoisotopic (exact) mass is 359 g/mol. The van der Waals surface area contributed by atoms with Crippen LogP contribution in [0, 0.1) is 0 Å². The highest BCUT2D eigenvalue weighted by molar-refractivity contribution is 7.15. The van der Waals surface area contributed by atoms with E-state index in [9.17, 15) is 0 Å². The van der Waals surface area contributed by atoms with Crippen molar-refractivity contribution in [3.63, 3.8) is 0 Å². The molecule has 5 nitrogen and oxygen atoms in total. The number of anilines is 1. The van der Waals surface area contributed by atoms with Gasteiger partial charge in [0.15, 0.2) is 11.5 Å². The quantitative estimate of drug-likeness (QED) is 0.511. The summed E-state index contributed by atoms with van der Waals surface area (Å²) in [4.78, 5) is 5.70. The van der Waals surface area contributed by atoms with Crippen molar-refractivity contribution >= 4 is 33.5 Å². The second kappa shape index (κ2) is 7.46. The van der Waals surface area contributed by atoms with Crippen molar-refractivity contribution in [2.75, 3.05) is 19.6 Å². The molecule has 3 aromatic rings. The molecule has 0 atom stereocenters. The van der Waals surface area contributed by atoms with Gasteiger partial charge < -0.3 is 9.47 Å². The molecule has 0 amide bonds. The van der Waals surface area contributed by atoms with E-state index < -0.39 is 0 Å². The lowest BCUT2D eigenvalue weighted by Crippen LogP contribution is -2.01. The molecule has 2 aromatic heterocycles. The maximum atomic E-state index is 5.32. The SMILES string of the molecule is COc1ccc(/C(C)=N\Nc2nc(-c3cccs3)cs2)cc1OC. The van der Waals surface area contributed by atoms with Gasteiger partial charge in [-0.3, -0.25) is 5.43 Å². The number of nitrogens with one attached hydrogen (secondary N) is 1. The Labute approximate surface area is 148 Å². The van der Waals surface area contributed by atoms with Crippen LogP contribution in [0.1, 0.15) is 12.5 Å². The van der Waals surface area contributed by atoms with E-state index in [4.69, 9.17) is 9.47 Å². The van der Waals surface area contributed by atoms with E-state index in [1.807, 2.05) is 41.9 Å². The molecular formula is C17H17N3O2S2. The smallest absolute Gasteiger partial charge is 0.203 e. The third-order valence-corrected chi connectivity index (χ3v) is 5.04. The van der Waals surface area contributed by atoms with Crippen LogP contribution in [0.25, 0.3) is 10.6 Å². The standard InChI is InChI=1S/C17H17N3O2S2/c1-11(12-6-7-14(21-2)15(9-12)22-3)19-20-17-18-13(10-24-17)16-5-4-8-23-16/h4-10H,1-3H3,(H,18,20)/b19-11-. The van der Waals surface area contributed by atoms with E-state index in [-0.39, 0.29) is 0 Å². The molecule has 0 unspecified atom stereocenters. The zero-order valence-corrected chi connectivity index (χ0v) is 15.2. The average molecular weight is 359 g/mol. The number of thiophene rings is 1. The second-order valence-corrected chi connectivity index (χ2v) is 6.70. The second-order valence-electron chi connectivity index (χ2n) is 4.89. The molecular weight excluding hydrogens is 342 g/mol. The zero-order chi connectivity index (χ0) is 16.9. The van der Waals surface area contributed by atoms with Crippen molar-refractivity contribution in [2.24, 2.45) is 5.10 Å². The zero-order valence-electron chi connectivity index (χ0n) is 13.6. The van der Waals surface area contributed by atoms with Crippen molar-refractivity contribution in [3.8, 4) is 22.1 Å². The summed E-state index contributed by atoms with van der Waals surface area (Å²) in [6.07, 6.45) is 0. The Morgan fingerprint density at radius 2 is 1.96 bits per heavy atom. The Bertz CT molecular complexity index is 841. The molecule has 0 aliphatic carbocycles. The molecule has 0 aliphatic rings. The van der Waals surface area contributed by atoms with Crippen LogP contribution in [0.4, 0.5) is 5.13 Å². The normalized spacial score (nSPS) is 11.4. The van der Waals surface area contributed by atoms with Crippen LogP contribution in [0.5, 0.6) is 11.5 Å². The van der Waals surface area contributed by atoms with Crippen LogP contribution in [0.3, 0.4) is 0 Å². The summed E-state index contributed by atoms with van der Waals surface area (Å²) in [6.45, 7) is 1.93. The lowest BCUT2D eigenvalue weighted by atomic mass is 10.1. The number of rotatable bonds is 6. The van der Waals surface area contributed by atoms with E-state index >= 15 is 0 Å². The van der Waals surface area contributed by atoms with Gasteiger partial charge in [-0.2, -0.15) is 5.10 Å². The minimum atomic E-state index is 0.679. The van der Waals surface area contributed by atoms with Crippen LogP contribution >= 0.6 is 22.7 Å². The van der Waals surface area contributed by atoms with E-state index in [1.54, 1.807) is 25.6 Å². The largest absolute Gasteiger partial charge is 0.493 e. The van der Waals surface area contributed by atoms with Gasteiger partial charge in [-0.15, -0.1) is 22.7 Å². The first kappa shape index (κ1) is 16.5. The van der Waals surface area contributed by atoms with Crippen LogP contribution in [0.15, 0.2) is 46.2 Å². The van der Waals surface area contributed by atoms with Crippen molar-refractivity contribution in [3.05, 3.63) is 46.7 Å². The van der Waals surface area contributed by atoms with E-state index in [0.29, 0.717) is 11.5 Å². The van der Waals surface area contributed by atoms with Gasteiger partial charge in [0, 0.05) is 10.9 Å². The third-order valence-electron chi connectivity index (χ3n) is 3.40. The molecule has 0 spiro atoms. The summed E-state index contributed by atoms with van der Waals surface area (Å²) in [6, 6.07) is 9.79. The summed E-state index contributed by atoms with van der Waals surface area (Å²) in [5.74, 6) is 1.38. The van der Waals surface area contributed by atoms with Gasteiger partial charge in [-0.1, -0.05) is 6.07 Å².